The van der Waals surface area contributed by atoms with Crippen LogP contribution in [0.3, 0.4) is 0 Å². The van der Waals surface area contributed by atoms with E-state index in [-0.39, 0.29) is 17.2 Å². The molecule has 0 fully saturated rings. The lowest BCUT2D eigenvalue weighted by molar-refractivity contribution is -0.274. The third-order valence-corrected chi connectivity index (χ3v) is 6.61. The predicted molar refractivity (Wildman–Crippen MR) is 139 cm³/mol. The molecule has 1 N–H and O–H groups in total. The molecule has 0 aliphatic carbocycles. The van der Waals surface area contributed by atoms with Crippen molar-refractivity contribution in [3.05, 3.63) is 59.7 Å². The van der Waals surface area contributed by atoms with Gasteiger partial charge in [0.05, 0.1) is 46.1 Å². The van der Waals surface area contributed by atoms with Crippen molar-refractivity contribution < 1.29 is 50.0 Å². The highest BCUT2D eigenvalue weighted by atomic mass is 32.2. The van der Waals surface area contributed by atoms with E-state index in [1.807, 2.05) is 0 Å². The molecule has 0 saturated heterocycles. The molecule has 0 atom stereocenters. The average Bonchev–Trinajstić information content (AvgIpc) is 2.89. The number of nitrogens with one attached hydrogen (secondary N) is 1. The highest BCUT2D eigenvalue weighted by Gasteiger charge is 2.31. The second kappa shape index (κ2) is 12.1. The molecule has 9 nitrogen and oxygen atoms in total. The van der Waals surface area contributed by atoms with Gasteiger partial charge < -0.3 is 28.4 Å². The lowest BCUT2D eigenvalue weighted by Crippen LogP contribution is -2.18. The third-order valence-electron chi connectivity index (χ3n) is 5.25. The van der Waals surface area contributed by atoms with E-state index in [9.17, 15) is 21.6 Å². The first kappa shape index (κ1) is 29.3. The summed E-state index contributed by atoms with van der Waals surface area (Å²) in [5.74, 6) is 0.884. The van der Waals surface area contributed by atoms with Crippen molar-refractivity contribution in [3.63, 3.8) is 0 Å². The van der Waals surface area contributed by atoms with E-state index in [1.165, 1.54) is 41.6 Å². The highest BCUT2D eigenvalue weighted by molar-refractivity contribution is 7.92. The molecule has 210 valence electrons. The van der Waals surface area contributed by atoms with E-state index in [4.69, 9.17) is 23.7 Å². The zero-order valence-electron chi connectivity index (χ0n) is 21.6. The Hall–Kier alpha value is -4.26. The second-order valence-electron chi connectivity index (χ2n) is 7.72. The minimum atomic E-state index is -4.98. The van der Waals surface area contributed by atoms with Crippen molar-refractivity contribution in [1.82, 2.24) is 0 Å². The maximum absolute atomic E-state index is 13.1. The van der Waals surface area contributed by atoms with Crippen LogP contribution in [0.1, 0.15) is 11.1 Å². The minimum Gasteiger partial charge on any atom is -0.493 e. The van der Waals surface area contributed by atoms with Crippen LogP contribution < -0.4 is 33.1 Å². The van der Waals surface area contributed by atoms with Gasteiger partial charge in [-0.05, 0) is 47.5 Å². The quantitative estimate of drug-likeness (QED) is 0.298. The molecule has 0 aromatic heterocycles. The molecular weight excluding hydrogens is 543 g/mol. The fraction of sp³-hybridized carbons (Fsp3) is 0.231. The van der Waals surface area contributed by atoms with E-state index in [2.05, 4.69) is 9.46 Å². The molecular formula is C26H26F3NO8S. The van der Waals surface area contributed by atoms with Crippen LogP contribution in [-0.4, -0.2) is 50.3 Å². The standard InChI is InChI=1S/C26H26F3NO8S/c1-33-21-12-16(9-10-17-13-22(34-2)25(37-5)23(14-17)35-3)11-20(24(21)36-4)30-39(31,32)19-8-6-7-18(15-19)38-26(27,28)29/h6-15,30H,1-5H3/b10-9-. The number of hydrogen-bond acceptors (Lipinski definition) is 8. The Bertz CT molecular complexity index is 1430. The summed E-state index contributed by atoms with van der Waals surface area (Å²) in [6.07, 6.45) is -1.58. The van der Waals surface area contributed by atoms with Crippen molar-refractivity contribution in [2.45, 2.75) is 11.3 Å². The summed E-state index contributed by atoms with van der Waals surface area (Å²) in [6.45, 7) is 0. The SMILES string of the molecule is COc1cc(/C=C\c2cc(OC)c(OC)c(OC)c2)cc(NS(=O)(=O)c2cccc(OC(F)(F)F)c2)c1OC. The van der Waals surface area contributed by atoms with Gasteiger partial charge in [-0.15, -0.1) is 13.2 Å². The van der Waals surface area contributed by atoms with Crippen molar-refractivity contribution in [2.75, 3.05) is 40.3 Å². The van der Waals surface area contributed by atoms with Gasteiger partial charge in [0.2, 0.25) is 5.75 Å². The number of rotatable bonds is 11. The Labute approximate surface area is 223 Å². The summed E-state index contributed by atoms with van der Waals surface area (Å²) in [5.41, 5.74) is 1.18. The smallest absolute Gasteiger partial charge is 0.493 e. The van der Waals surface area contributed by atoms with Gasteiger partial charge in [-0.25, -0.2) is 8.42 Å². The molecule has 13 heteroatoms. The molecule has 0 radical (unpaired) electrons. The zero-order chi connectivity index (χ0) is 28.8. The maximum atomic E-state index is 13.1. The second-order valence-corrected chi connectivity index (χ2v) is 9.41. The topological polar surface area (TPSA) is 102 Å². The number of benzene rings is 3. The molecule has 0 spiro atoms. The Balaban J connectivity index is 2.01. The molecule has 0 amide bonds. The van der Waals surface area contributed by atoms with Crippen LogP contribution in [0.15, 0.2) is 53.4 Å². The van der Waals surface area contributed by atoms with Crippen molar-refractivity contribution in [1.29, 1.82) is 0 Å². The molecule has 39 heavy (non-hydrogen) atoms. The van der Waals surface area contributed by atoms with Crippen LogP contribution in [0.2, 0.25) is 0 Å². The number of anilines is 1. The monoisotopic (exact) mass is 569 g/mol. The number of hydrogen-bond donors (Lipinski definition) is 1. The Morgan fingerprint density at radius 1 is 0.718 bits per heavy atom. The van der Waals surface area contributed by atoms with Crippen LogP contribution >= 0.6 is 0 Å². The van der Waals surface area contributed by atoms with E-state index in [0.717, 1.165) is 24.3 Å². The Morgan fingerprint density at radius 2 is 1.23 bits per heavy atom. The number of ether oxygens (including phenoxy) is 6. The van der Waals surface area contributed by atoms with Gasteiger partial charge in [-0.1, -0.05) is 18.2 Å². The van der Waals surface area contributed by atoms with Gasteiger partial charge in [0.25, 0.3) is 10.0 Å². The van der Waals surface area contributed by atoms with Crippen molar-refractivity contribution in [2.24, 2.45) is 0 Å². The normalized spacial score (nSPS) is 11.7. The van der Waals surface area contributed by atoms with Crippen LogP contribution in [0.4, 0.5) is 18.9 Å². The molecule has 0 aliphatic heterocycles. The Kier molecular flexibility index (Phi) is 9.07. The average molecular weight is 570 g/mol. The fourth-order valence-electron chi connectivity index (χ4n) is 3.59. The summed E-state index contributed by atoms with van der Waals surface area (Å²) in [7, 11) is 2.80. The minimum absolute atomic E-state index is 0.0106. The van der Waals surface area contributed by atoms with Gasteiger partial charge in [-0.3, -0.25) is 4.72 Å². The summed E-state index contributed by atoms with van der Waals surface area (Å²) >= 11 is 0. The third kappa shape index (κ3) is 7.19. The zero-order valence-corrected chi connectivity index (χ0v) is 22.4. The number of methoxy groups -OCH3 is 5. The van der Waals surface area contributed by atoms with Gasteiger partial charge in [-0.2, -0.15) is 0 Å². The first-order valence-corrected chi connectivity index (χ1v) is 12.6. The van der Waals surface area contributed by atoms with Crippen LogP contribution in [0, 0.1) is 0 Å². The van der Waals surface area contributed by atoms with E-state index < -0.39 is 27.0 Å². The summed E-state index contributed by atoms with van der Waals surface area (Å²) in [6, 6.07) is 10.5. The van der Waals surface area contributed by atoms with E-state index in [0.29, 0.717) is 28.4 Å². The lowest BCUT2D eigenvalue weighted by atomic mass is 10.1. The molecule has 0 heterocycles. The number of halogens is 3. The van der Waals surface area contributed by atoms with Crippen LogP contribution in [-0.2, 0) is 10.0 Å². The predicted octanol–water partition coefficient (Wildman–Crippen LogP) is 5.60. The van der Waals surface area contributed by atoms with Crippen molar-refractivity contribution in [3.8, 4) is 34.5 Å². The van der Waals surface area contributed by atoms with Gasteiger partial charge in [0.1, 0.15) is 5.75 Å². The van der Waals surface area contributed by atoms with Gasteiger partial charge >= 0.3 is 6.36 Å². The lowest BCUT2D eigenvalue weighted by Gasteiger charge is -2.16. The molecule has 3 aromatic rings. The molecule has 0 saturated carbocycles. The largest absolute Gasteiger partial charge is 0.573 e. The fourth-order valence-corrected chi connectivity index (χ4v) is 4.68. The molecule has 0 unspecified atom stereocenters. The van der Waals surface area contributed by atoms with Crippen molar-refractivity contribution >= 4 is 27.9 Å². The summed E-state index contributed by atoms with van der Waals surface area (Å²) in [4.78, 5) is -0.455. The molecule has 0 bridgehead atoms. The molecule has 3 rings (SSSR count). The van der Waals surface area contributed by atoms with Gasteiger partial charge in [0, 0.05) is 6.07 Å². The Morgan fingerprint density at radius 3 is 1.72 bits per heavy atom. The first-order chi connectivity index (χ1) is 18.4. The first-order valence-electron chi connectivity index (χ1n) is 11.1. The van der Waals surface area contributed by atoms with Gasteiger partial charge in [0.15, 0.2) is 23.0 Å². The summed E-state index contributed by atoms with van der Waals surface area (Å²) in [5, 5.41) is 0. The maximum Gasteiger partial charge on any atom is 0.573 e. The highest BCUT2D eigenvalue weighted by Crippen LogP contribution is 2.40. The van der Waals surface area contributed by atoms with E-state index >= 15 is 0 Å². The molecule has 3 aromatic carbocycles. The molecule has 0 aliphatic rings. The summed E-state index contributed by atoms with van der Waals surface area (Å²) < 4.78 is 97.0. The van der Waals surface area contributed by atoms with Crippen LogP contribution in [0.25, 0.3) is 12.2 Å². The number of sulfonamides is 1. The van der Waals surface area contributed by atoms with E-state index in [1.54, 1.807) is 30.4 Å². The van der Waals surface area contributed by atoms with Crippen LogP contribution in [0.5, 0.6) is 34.5 Å². The number of alkyl halides is 3.